The van der Waals surface area contributed by atoms with Crippen LogP contribution < -0.4 is 37.2 Å². The lowest BCUT2D eigenvalue weighted by Crippen LogP contribution is -2.37. The molecule has 454 valence electrons. The number of benzene rings is 2. The van der Waals surface area contributed by atoms with Crippen LogP contribution in [-0.4, -0.2) is 104 Å². The third-order valence-corrected chi connectivity index (χ3v) is 17.0. The van der Waals surface area contributed by atoms with Crippen LogP contribution in [0.1, 0.15) is 121 Å². The summed E-state index contributed by atoms with van der Waals surface area (Å²) in [5.74, 6) is -5.19. The summed E-state index contributed by atoms with van der Waals surface area (Å²) >= 11 is 3.35. The number of unbranched alkanes of at least 4 members (excludes halogenated alkanes) is 5. The number of aromatic hydroxyl groups is 1. The van der Waals surface area contributed by atoms with Crippen molar-refractivity contribution >= 4 is 83.0 Å². The number of hydrogen-bond donors (Lipinski definition) is 4. The molecule has 2 aromatic carbocycles. The van der Waals surface area contributed by atoms with Crippen molar-refractivity contribution in [3.8, 4) is 17.6 Å². The van der Waals surface area contributed by atoms with E-state index < -0.39 is 88.9 Å². The average Bonchev–Trinajstić information content (AvgIpc) is 3.45. The largest absolute Gasteiger partial charge is 0.507 e. The number of carbonyl (C=O) groups is 4. The Morgan fingerprint density at radius 3 is 1.79 bits per heavy atom. The Bertz CT molecular complexity index is 3010. The number of phenolic OH excluding ortho intramolecular Hbond substituents is 1. The molecule has 1 atom stereocenters. The maximum absolute atomic E-state index is 14.6. The molecular formula is C53H68BrF6N5O15P2. The molecule has 0 saturated heterocycles. The topological polar surface area (TPSA) is 275 Å². The van der Waals surface area contributed by atoms with Gasteiger partial charge in [-0.2, -0.15) is 31.6 Å². The van der Waals surface area contributed by atoms with Crippen LogP contribution >= 0.6 is 32.1 Å². The molecule has 0 saturated carbocycles. The number of aryl methyl sites for hydroxylation is 4. The lowest BCUT2D eigenvalue weighted by Gasteiger charge is -2.35. The molecule has 3 heterocycles. The predicted molar refractivity (Wildman–Crippen MR) is 294 cm³/mol. The molecule has 1 aliphatic heterocycles. The van der Waals surface area contributed by atoms with E-state index in [0.717, 1.165) is 41.8 Å². The molecule has 0 bridgehead atoms. The Labute approximate surface area is 478 Å². The summed E-state index contributed by atoms with van der Waals surface area (Å²) in [5, 5.41) is 27.2. The zero-order valence-corrected chi connectivity index (χ0v) is 49.6. The van der Waals surface area contributed by atoms with Crippen molar-refractivity contribution in [1.29, 1.82) is 5.26 Å². The summed E-state index contributed by atoms with van der Waals surface area (Å²) in [6, 6.07) is 8.38. The fourth-order valence-corrected chi connectivity index (χ4v) is 12.4. The SMILES string of the molecule is Cc1cc(=O)oc2c(Br)c3c(cc12)CCC(=O)O3.Cc1cc(=O)oc2c(P(=O)(OCCCCNC(=O)C(F)(F)F)OCCCCNC(=O)C(F)(F)F)c(O)c(CCC(=O)NCCCCCCOP(OCCC#N)N(C(C)C)C(C)C)cc12. The van der Waals surface area contributed by atoms with E-state index in [4.69, 9.17) is 36.9 Å². The minimum absolute atomic E-state index is 0.0809. The van der Waals surface area contributed by atoms with Gasteiger partial charge in [0.05, 0.1) is 45.3 Å². The van der Waals surface area contributed by atoms with Gasteiger partial charge in [0.25, 0.3) is 8.53 Å². The van der Waals surface area contributed by atoms with Crippen LogP contribution in [0.15, 0.2) is 47.2 Å². The van der Waals surface area contributed by atoms with Gasteiger partial charge < -0.3 is 52.7 Å². The van der Waals surface area contributed by atoms with E-state index in [1.54, 1.807) is 10.6 Å². The van der Waals surface area contributed by atoms with Crippen LogP contribution in [0.4, 0.5) is 26.3 Å². The first-order valence-corrected chi connectivity index (χ1v) is 29.9. The first-order chi connectivity index (χ1) is 38.6. The number of halogens is 7. The number of fused-ring (bicyclic) bond motifs is 3. The molecule has 1 aliphatic rings. The number of amides is 3. The number of esters is 1. The van der Waals surface area contributed by atoms with Gasteiger partial charge in [-0.3, -0.25) is 23.7 Å². The molecular weight excluding hydrogens is 1200 g/mol. The molecule has 20 nitrogen and oxygen atoms in total. The van der Waals surface area contributed by atoms with Crippen LogP contribution in [0.3, 0.4) is 0 Å². The van der Waals surface area contributed by atoms with Crippen LogP contribution in [0.5, 0.6) is 11.5 Å². The molecule has 29 heteroatoms. The summed E-state index contributed by atoms with van der Waals surface area (Å²) in [4.78, 5) is 70.5. The maximum Gasteiger partial charge on any atom is 0.471 e. The summed E-state index contributed by atoms with van der Waals surface area (Å²) in [5.41, 5.74) is 0.962. The standard InChI is InChI=1S/C40H59F6N5O11P2.C13H9BrO4/c1-27(2)51(28(3)4)63(59-22-14-17-47)58-21-11-7-6-8-18-48-32(52)16-15-30-26-31-29(5)25-33(53)62-35(31)36(34(30)54)64(57,60-23-12-9-19-49-37(55)39(41,42)43)61-24-13-10-20-50-38(56)40(44,45)46;1-6-4-10(16)18-13-8(6)5-7-2-3-9(15)17-12(7)11(13)14/h25-28,54H,6-16,18-24H2,1-5H3,(H,48,52)(H,49,55)(H,50,56);4-5H,2-3H2,1H3. The van der Waals surface area contributed by atoms with Crippen LogP contribution in [0, 0.1) is 25.2 Å². The van der Waals surface area contributed by atoms with Crippen molar-refractivity contribution < 1.29 is 86.9 Å². The highest BCUT2D eigenvalue weighted by Gasteiger charge is 2.40. The van der Waals surface area contributed by atoms with Gasteiger partial charge in [0.15, 0.2) is 16.9 Å². The smallest absolute Gasteiger partial charge is 0.471 e. The maximum atomic E-state index is 14.6. The first-order valence-electron chi connectivity index (χ1n) is 26.4. The third kappa shape index (κ3) is 21.0. The molecule has 5 rings (SSSR count). The highest BCUT2D eigenvalue weighted by molar-refractivity contribution is 9.10. The molecule has 0 radical (unpaired) electrons. The number of nitrogens with one attached hydrogen (secondary N) is 3. The number of nitrogens with zero attached hydrogens (tertiary/aromatic N) is 2. The fourth-order valence-electron chi connectivity index (χ4n) is 8.26. The van der Waals surface area contributed by atoms with Crippen molar-refractivity contribution in [2.24, 2.45) is 0 Å². The normalized spacial score (nSPS) is 13.2. The minimum Gasteiger partial charge on any atom is -0.507 e. The van der Waals surface area contributed by atoms with E-state index in [0.29, 0.717) is 53.8 Å². The molecule has 1 unspecified atom stereocenters. The molecule has 0 fully saturated rings. The van der Waals surface area contributed by atoms with Gasteiger partial charge in [-0.1, -0.05) is 12.8 Å². The number of ether oxygens (including phenoxy) is 1. The summed E-state index contributed by atoms with van der Waals surface area (Å²) in [7, 11) is -6.11. The van der Waals surface area contributed by atoms with E-state index in [-0.39, 0.29) is 92.0 Å². The van der Waals surface area contributed by atoms with Gasteiger partial charge in [0.2, 0.25) is 5.91 Å². The van der Waals surface area contributed by atoms with Crippen LogP contribution in [0.25, 0.3) is 21.9 Å². The molecule has 3 amide bonds. The van der Waals surface area contributed by atoms with Gasteiger partial charge in [-0.05, 0) is 143 Å². The highest BCUT2D eigenvalue weighted by Crippen LogP contribution is 2.52. The molecule has 82 heavy (non-hydrogen) atoms. The Morgan fingerprint density at radius 1 is 0.744 bits per heavy atom. The van der Waals surface area contributed by atoms with Gasteiger partial charge in [0.1, 0.15) is 15.5 Å². The zero-order valence-electron chi connectivity index (χ0n) is 46.2. The van der Waals surface area contributed by atoms with Crippen molar-refractivity contribution in [1.82, 2.24) is 20.6 Å². The van der Waals surface area contributed by atoms with E-state index >= 15 is 0 Å². The van der Waals surface area contributed by atoms with Crippen molar-refractivity contribution in [2.75, 3.05) is 46.1 Å². The predicted octanol–water partition coefficient (Wildman–Crippen LogP) is 10.2. The van der Waals surface area contributed by atoms with Crippen LogP contribution in [-0.2, 0) is 54.7 Å². The molecule has 4 aromatic rings. The monoisotopic (exact) mass is 1270 g/mol. The van der Waals surface area contributed by atoms with E-state index in [2.05, 4.69) is 59.7 Å². The summed E-state index contributed by atoms with van der Waals surface area (Å²) in [6.45, 7) is 10.9. The van der Waals surface area contributed by atoms with Crippen molar-refractivity contribution in [3.63, 3.8) is 0 Å². The van der Waals surface area contributed by atoms with Gasteiger partial charge >= 0.3 is 49.0 Å². The summed E-state index contributed by atoms with van der Waals surface area (Å²) < 4.78 is 132. The second-order valence-electron chi connectivity index (χ2n) is 19.4. The molecule has 2 aromatic heterocycles. The number of hydrogen-bond acceptors (Lipinski definition) is 17. The lowest BCUT2D eigenvalue weighted by atomic mass is 10.0. The number of rotatable bonds is 30. The Balaban J connectivity index is 0.000000667. The quantitative estimate of drug-likeness (QED) is 0.00943. The molecule has 4 N–H and O–H groups in total. The van der Waals surface area contributed by atoms with Crippen molar-refractivity contribution in [3.05, 3.63) is 71.8 Å². The summed E-state index contributed by atoms with van der Waals surface area (Å²) in [6.07, 6.45) is -6.49. The Kier molecular flexibility index (Phi) is 27.4. The second-order valence-corrected chi connectivity index (χ2v) is 23.6. The Morgan fingerprint density at radius 2 is 1.24 bits per heavy atom. The van der Waals surface area contributed by atoms with Gasteiger partial charge in [-0.15, -0.1) is 0 Å². The number of nitriles is 1. The highest BCUT2D eigenvalue weighted by atomic mass is 79.9. The molecule has 0 spiro atoms. The number of phenols is 1. The Hall–Kier alpha value is -5.45. The van der Waals surface area contributed by atoms with E-state index in [1.165, 1.54) is 19.1 Å². The molecule has 0 aliphatic carbocycles. The third-order valence-electron chi connectivity index (χ3n) is 12.2. The second kappa shape index (κ2) is 32.6. The number of carbonyl (C=O) groups excluding carboxylic acids is 4. The number of alkyl halides is 6. The van der Waals surface area contributed by atoms with E-state index in [9.17, 15) is 64.8 Å². The van der Waals surface area contributed by atoms with Gasteiger partial charge in [0, 0.05) is 61.0 Å². The minimum atomic E-state index is -5.11. The lowest BCUT2D eigenvalue weighted by molar-refractivity contribution is -0.173. The first kappa shape index (κ1) is 69.0. The van der Waals surface area contributed by atoms with Crippen molar-refractivity contribution in [2.45, 2.75) is 149 Å². The van der Waals surface area contributed by atoms with Gasteiger partial charge in [-0.25, -0.2) is 14.3 Å². The van der Waals surface area contributed by atoms with E-state index in [1.807, 2.05) is 13.0 Å². The average molecular weight is 1270 g/mol. The zero-order chi connectivity index (χ0) is 61.0. The van der Waals surface area contributed by atoms with Crippen LogP contribution in [0.2, 0.25) is 0 Å². The fraction of sp³-hybridized carbons (Fsp3) is 0.566.